The molecule has 1 heterocycles. The number of anilines is 1. The zero-order valence-corrected chi connectivity index (χ0v) is 11.1. The second kappa shape index (κ2) is 5.22. The lowest BCUT2D eigenvalue weighted by atomic mass is 10.1. The van der Waals surface area contributed by atoms with Crippen LogP contribution in [0.25, 0.3) is 0 Å². The zero-order valence-electron chi connectivity index (χ0n) is 11.1. The summed E-state index contributed by atoms with van der Waals surface area (Å²) in [6.45, 7) is 5.38. The van der Waals surface area contributed by atoms with E-state index in [1.54, 1.807) is 19.1 Å². The van der Waals surface area contributed by atoms with Crippen LogP contribution in [0.3, 0.4) is 0 Å². The molecule has 0 spiro atoms. The minimum atomic E-state index is -0.467. The first kappa shape index (κ1) is 13.3. The number of nitrogens with one attached hydrogen (secondary N) is 1. The van der Waals surface area contributed by atoms with Gasteiger partial charge in [0.15, 0.2) is 0 Å². The molecule has 0 aliphatic carbocycles. The van der Waals surface area contributed by atoms with Crippen LogP contribution in [0.2, 0.25) is 0 Å². The highest BCUT2D eigenvalue weighted by Gasteiger charge is 2.20. The lowest BCUT2D eigenvalue weighted by molar-refractivity contribution is 0.102. The second-order valence-corrected chi connectivity index (χ2v) is 4.36. The van der Waals surface area contributed by atoms with Crippen molar-refractivity contribution in [3.8, 4) is 0 Å². The molecule has 0 aliphatic heterocycles. The molecule has 0 atom stereocenters. The summed E-state index contributed by atoms with van der Waals surface area (Å²) in [5.41, 5.74) is 1.91. The zero-order chi connectivity index (χ0) is 14.0. The van der Waals surface area contributed by atoms with Crippen LogP contribution in [-0.2, 0) is 6.42 Å². The van der Waals surface area contributed by atoms with Crippen LogP contribution in [0.4, 0.5) is 10.1 Å². The highest BCUT2D eigenvalue weighted by molar-refractivity contribution is 6.05. The van der Waals surface area contributed by atoms with Crippen molar-refractivity contribution in [3.05, 3.63) is 46.6 Å². The molecule has 0 unspecified atom stereocenters. The van der Waals surface area contributed by atoms with Crippen molar-refractivity contribution in [3.63, 3.8) is 0 Å². The van der Waals surface area contributed by atoms with Gasteiger partial charge in [-0.25, -0.2) is 4.39 Å². The van der Waals surface area contributed by atoms with E-state index >= 15 is 0 Å². The minimum Gasteiger partial charge on any atom is -0.360 e. The lowest BCUT2D eigenvalue weighted by Gasteiger charge is -2.07. The fourth-order valence-electron chi connectivity index (χ4n) is 1.87. The molecule has 100 valence electrons. The Hall–Kier alpha value is -2.17. The fraction of sp³-hybridized carbons (Fsp3) is 0.286. The van der Waals surface area contributed by atoms with Gasteiger partial charge < -0.3 is 9.84 Å². The van der Waals surface area contributed by atoms with E-state index in [0.717, 1.165) is 5.56 Å². The number of nitrogens with zero attached hydrogens (tertiary/aromatic N) is 1. The predicted molar refractivity (Wildman–Crippen MR) is 69.7 cm³/mol. The first-order chi connectivity index (χ1) is 9.02. The Kier molecular flexibility index (Phi) is 3.64. The van der Waals surface area contributed by atoms with Gasteiger partial charge in [-0.15, -0.1) is 0 Å². The van der Waals surface area contributed by atoms with Gasteiger partial charge in [-0.3, -0.25) is 4.79 Å². The lowest BCUT2D eigenvalue weighted by Crippen LogP contribution is -2.15. The Labute approximate surface area is 110 Å². The molecule has 19 heavy (non-hydrogen) atoms. The first-order valence-corrected chi connectivity index (χ1v) is 6.05. The quantitative estimate of drug-likeness (QED) is 0.923. The molecule has 0 aliphatic rings. The van der Waals surface area contributed by atoms with Crippen LogP contribution in [0, 0.1) is 19.7 Å². The molecular formula is C14H15FN2O2. The van der Waals surface area contributed by atoms with Crippen molar-refractivity contribution in [1.82, 2.24) is 5.16 Å². The number of hydrogen-bond acceptors (Lipinski definition) is 3. The third kappa shape index (κ3) is 2.65. The van der Waals surface area contributed by atoms with Gasteiger partial charge in [-0.1, -0.05) is 18.1 Å². The summed E-state index contributed by atoms with van der Waals surface area (Å²) in [7, 11) is 0. The number of aryl methyl sites for hydroxylation is 3. The number of carbonyl (C=O) groups is 1. The number of benzene rings is 1. The molecule has 0 fully saturated rings. The van der Waals surface area contributed by atoms with Gasteiger partial charge in [0, 0.05) is 6.42 Å². The van der Waals surface area contributed by atoms with Crippen LogP contribution in [0.15, 0.2) is 22.7 Å². The van der Waals surface area contributed by atoms with Gasteiger partial charge in [-0.05, 0) is 31.5 Å². The maximum atomic E-state index is 13.6. The van der Waals surface area contributed by atoms with E-state index in [2.05, 4.69) is 10.5 Å². The summed E-state index contributed by atoms with van der Waals surface area (Å²) in [4.78, 5) is 12.2. The molecule has 0 saturated heterocycles. The van der Waals surface area contributed by atoms with E-state index in [1.165, 1.54) is 6.07 Å². The fourth-order valence-corrected chi connectivity index (χ4v) is 1.87. The SMILES string of the molecule is CCc1onc(C)c1C(=O)Nc1cc(C)ccc1F. The summed E-state index contributed by atoms with van der Waals surface area (Å²) in [5.74, 6) is -0.366. The van der Waals surface area contributed by atoms with Crippen molar-refractivity contribution in [2.75, 3.05) is 5.32 Å². The number of rotatable bonds is 3. The van der Waals surface area contributed by atoms with Gasteiger partial charge in [-0.2, -0.15) is 0 Å². The van der Waals surface area contributed by atoms with Crippen LogP contribution < -0.4 is 5.32 Å². The summed E-state index contributed by atoms with van der Waals surface area (Å²) >= 11 is 0. The van der Waals surface area contributed by atoms with Crippen LogP contribution in [-0.4, -0.2) is 11.1 Å². The van der Waals surface area contributed by atoms with E-state index in [9.17, 15) is 9.18 Å². The molecule has 0 radical (unpaired) electrons. The Morgan fingerprint density at radius 2 is 2.16 bits per heavy atom. The molecule has 0 saturated carbocycles. The summed E-state index contributed by atoms with van der Waals surface area (Å²) < 4.78 is 18.7. The molecule has 1 aromatic carbocycles. The number of hydrogen-bond donors (Lipinski definition) is 1. The Morgan fingerprint density at radius 1 is 1.42 bits per heavy atom. The third-order valence-corrected chi connectivity index (χ3v) is 2.85. The number of halogens is 1. The highest BCUT2D eigenvalue weighted by atomic mass is 19.1. The van der Waals surface area contributed by atoms with Crippen LogP contribution in [0.5, 0.6) is 0 Å². The van der Waals surface area contributed by atoms with Gasteiger partial charge in [0.2, 0.25) is 0 Å². The largest absolute Gasteiger partial charge is 0.360 e. The second-order valence-electron chi connectivity index (χ2n) is 4.36. The standard InChI is InChI=1S/C14H15FN2O2/c1-4-12-13(9(3)17-19-12)14(18)16-11-7-8(2)5-6-10(11)15/h5-7H,4H2,1-3H3,(H,16,18). The Balaban J connectivity index is 2.30. The topological polar surface area (TPSA) is 55.1 Å². The first-order valence-electron chi connectivity index (χ1n) is 6.05. The van der Waals surface area contributed by atoms with E-state index < -0.39 is 11.7 Å². The third-order valence-electron chi connectivity index (χ3n) is 2.85. The summed E-state index contributed by atoms with van der Waals surface area (Å²) in [6.07, 6.45) is 0.555. The van der Waals surface area contributed by atoms with Gasteiger partial charge >= 0.3 is 0 Å². The monoisotopic (exact) mass is 262 g/mol. The summed E-state index contributed by atoms with van der Waals surface area (Å²) in [6, 6.07) is 4.56. The average molecular weight is 262 g/mol. The average Bonchev–Trinajstić information content (AvgIpc) is 2.75. The smallest absolute Gasteiger partial charge is 0.261 e. The van der Waals surface area contributed by atoms with E-state index in [1.807, 2.05) is 13.8 Å². The number of aromatic nitrogens is 1. The van der Waals surface area contributed by atoms with Crippen molar-refractivity contribution in [1.29, 1.82) is 0 Å². The van der Waals surface area contributed by atoms with E-state index in [-0.39, 0.29) is 5.69 Å². The van der Waals surface area contributed by atoms with Gasteiger partial charge in [0.1, 0.15) is 17.1 Å². The van der Waals surface area contributed by atoms with Crippen molar-refractivity contribution in [2.45, 2.75) is 27.2 Å². The van der Waals surface area contributed by atoms with Crippen molar-refractivity contribution >= 4 is 11.6 Å². The Bertz CT molecular complexity index is 620. The molecule has 1 aromatic heterocycles. The van der Waals surface area contributed by atoms with Crippen LogP contribution >= 0.6 is 0 Å². The van der Waals surface area contributed by atoms with Crippen LogP contribution in [0.1, 0.15) is 34.3 Å². The molecule has 5 heteroatoms. The predicted octanol–water partition coefficient (Wildman–Crippen LogP) is 3.25. The Morgan fingerprint density at radius 3 is 2.84 bits per heavy atom. The molecular weight excluding hydrogens is 247 g/mol. The van der Waals surface area contributed by atoms with Gasteiger partial charge in [0.05, 0.1) is 11.4 Å². The van der Waals surface area contributed by atoms with E-state index in [4.69, 9.17) is 4.52 Å². The minimum absolute atomic E-state index is 0.160. The highest BCUT2D eigenvalue weighted by Crippen LogP contribution is 2.19. The molecule has 2 aromatic rings. The molecule has 0 bridgehead atoms. The normalized spacial score (nSPS) is 10.5. The molecule has 4 nitrogen and oxygen atoms in total. The number of amides is 1. The van der Waals surface area contributed by atoms with Gasteiger partial charge in [0.25, 0.3) is 5.91 Å². The molecule has 2 rings (SSSR count). The number of carbonyl (C=O) groups excluding carboxylic acids is 1. The van der Waals surface area contributed by atoms with E-state index in [0.29, 0.717) is 23.4 Å². The van der Waals surface area contributed by atoms with Crippen molar-refractivity contribution < 1.29 is 13.7 Å². The van der Waals surface area contributed by atoms with Crippen molar-refractivity contribution in [2.24, 2.45) is 0 Å². The molecule has 1 amide bonds. The molecule has 1 N–H and O–H groups in total. The maximum absolute atomic E-state index is 13.6. The summed E-state index contributed by atoms with van der Waals surface area (Å²) in [5, 5.41) is 6.32. The maximum Gasteiger partial charge on any atom is 0.261 e.